The fraction of sp³-hybridized carbons (Fsp3) is 0.476. The molecular formula is C21H28F3N5. The summed E-state index contributed by atoms with van der Waals surface area (Å²) in [4.78, 5) is 4.34. The Hall–Kier alpha value is -2.64. The first kappa shape index (κ1) is 22.6. The van der Waals surface area contributed by atoms with Crippen molar-refractivity contribution >= 4 is 11.4 Å². The molecule has 0 saturated heterocycles. The van der Waals surface area contributed by atoms with Crippen LogP contribution < -0.4 is 5.43 Å². The van der Waals surface area contributed by atoms with Gasteiger partial charge in [-0.2, -0.15) is 23.4 Å². The second-order valence-electron chi connectivity index (χ2n) is 7.16. The molecule has 1 aromatic heterocycles. The van der Waals surface area contributed by atoms with Crippen LogP contribution in [0, 0.1) is 11.8 Å². The quantitative estimate of drug-likeness (QED) is 0.333. The maximum atomic E-state index is 13.3. The van der Waals surface area contributed by atoms with Gasteiger partial charge in [0.2, 0.25) is 0 Å². The number of aromatic amines is 1. The van der Waals surface area contributed by atoms with Crippen molar-refractivity contribution < 1.29 is 13.2 Å². The molecule has 8 heteroatoms. The zero-order chi connectivity index (χ0) is 21.4. The summed E-state index contributed by atoms with van der Waals surface area (Å²) in [5, 5.41) is 9.97. The van der Waals surface area contributed by atoms with Crippen molar-refractivity contribution in [2.75, 3.05) is 0 Å². The lowest BCUT2D eigenvalue weighted by molar-refractivity contribution is -0.141. The van der Waals surface area contributed by atoms with Gasteiger partial charge in [0, 0.05) is 17.8 Å². The fourth-order valence-electron chi connectivity index (χ4n) is 3.05. The molecule has 0 aliphatic carbocycles. The zero-order valence-corrected chi connectivity index (χ0v) is 17.0. The van der Waals surface area contributed by atoms with Gasteiger partial charge in [0.05, 0.1) is 23.5 Å². The van der Waals surface area contributed by atoms with Crippen LogP contribution in [-0.4, -0.2) is 27.7 Å². The van der Waals surface area contributed by atoms with Crippen molar-refractivity contribution in [2.45, 2.75) is 52.3 Å². The van der Waals surface area contributed by atoms with Gasteiger partial charge < -0.3 is 5.43 Å². The highest BCUT2D eigenvalue weighted by Gasteiger charge is 2.36. The van der Waals surface area contributed by atoms with Crippen LogP contribution in [0.5, 0.6) is 0 Å². The van der Waals surface area contributed by atoms with Crippen molar-refractivity contribution in [1.82, 2.24) is 15.6 Å². The van der Waals surface area contributed by atoms with Crippen molar-refractivity contribution in [1.29, 1.82) is 0 Å². The molecule has 0 bridgehead atoms. The Labute approximate surface area is 169 Å². The van der Waals surface area contributed by atoms with E-state index in [1.165, 1.54) is 0 Å². The molecule has 2 N–H and O–H groups in total. The van der Waals surface area contributed by atoms with E-state index in [1.54, 1.807) is 18.4 Å². The molecule has 5 nitrogen and oxygen atoms in total. The van der Waals surface area contributed by atoms with Crippen LogP contribution in [0.4, 0.5) is 13.2 Å². The molecule has 0 saturated carbocycles. The highest BCUT2D eigenvalue weighted by Crippen LogP contribution is 2.30. The number of aromatic nitrogens is 2. The van der Waals surface area contributed by atoms with Crippen LogP contribution in [-0.2, 0) is 6.18 Å². The van der Waals surface area contributed by atoms with Crippen LogP contribution in [0.2, 0.25) is 0 Å². The fourth-order valence-corrected chi connectivity index (χ4v) is 3.05. The second kappa shape index (κ2) is 10.2. The van der Waals surface area contributed by atoms with Gasteiger partial charge in [-0.05, 0) is 18.4 Å². The third kappa shape index (κ3) is 5.92. The number of rotatable bonds is 9. The Balaban J connectivity index is 2.34. The van der Waals surface area contributed by atoms with E-state index in [2.05, 4.69) is 34.1 Å². The summed E-state index contributed by atoms with van der Waals surface area (Å²) in [5.74, 6) is 0.179. The zero-order valence-electron chi connectivity index (χ0n) is 17.0. The molecule has 29 heavy (non-hydrogen) atoms. The number of H-pyrrole nitrogens is 1. The van der Waals surface area contributed by atoms with Crippen LogP contribution >= 0.6 is 0 Å². The Morgan fingerprint density at radius 3 is 2.76 bits per heavy atom. The first-order chi connectivity index (χ1) is 13.8. The number of hydrazone groups is 1. The predicted molar refractivity (Wildman–Crippen MR) is 111 cm³/mol. The molecule has 0 amide bonds. The molecule has 1 aliphatic heterocycles. The minimum atomic E-state index is -4.53. The van der Waals surface area contributed by atoms with E-state index in [0.717, 1.165) is 31.2 Å². The van der Waals surface area contributed by atoms with Gasteiger partial charge in [-0.25, -0.2) is 0 Å². The van der Waals surface area contributed by atoms with Gasteiger partial charge in [0.25, 0.3) is 0 Å². The lowest BCUT2D eigenvalue weighted by Gasteiger charge is -2.15. The van der Waals surface area contributed by atoms with Gasteiger partial charge >= 0.3 is 6.18 Å². The van der Waals surface area contributed by atoms with Crippen LogP contribution in [0.3, 0.4) is 0 Å². The molecule has 0 fully saturated rings. The van der Waals surface area contributed by atoms with E-state index in [1.807, 2.05) is 31.1 Å². The largest absolute Gasteiger partial charge is 0.433 e. The number of nitrogens with one attached hydrogen (secondary N) is 2. The molecule has 1 aromatic rings. The van der Waals surface area contributed by atoms with E-state index in [9.17, 15) is 13.2 Å². The van der Waals surface area contributed by atoms with E-state index < -0.39 is 11.9 Å². The molecule has 158 valence electrons. The third-order valence-corrected chi connectivity index (χ3v) is 4.62. The molecule has 0 spiro atoms. The van der Waals surface area contributed by atoms with E-state index in [0.29, 0.717) is 0 Å². The van der Waals surface area contributed by atoms with Gasteiger partial charge in [-0.1, -0.05) is 51.8 Å². The van der Waals surface area contributed by atoms with E-state index in [4.69, 9.17) is 0 Å². The van der Waals surface area contributed by atoms with E-state index in [-0.39, 0.29) is 29.2 Å². The minimum Gasteiger partial charge on any atom is -0.302 e. The molecule has 2 atom stereocenters. The number of unbranched alkanes of at least 4 members (excludes halogenated alkanes) is 2. The summed E-state index contributed by atoms with van der Waals surface area (Å²) in [6.45, 7) is 9.95. The number of nitrogens with zero attached hydrogens (tertiary/aromatic N) is 3. The maximum Gasteiger partial charge on any atom is 0.433 e. The van der Waals surface area contributed by atoms with Crippen molar-refractivity contribution in [3.63, 3.8) is 0 Å². The van der Waals surface area contributed by atoms with Crippen molar-refractivity contribution in [2.24, 2.45) is 21.9 Å². The Bertz CT molecular complexity index is 799. The van der Waals surface area contributed by atoms with Crippen LogP contribution in [0.25, 0.3) is 0 Å². The lowest BCUT2D eigenvalue weighted by Crippen LogP contribution is -2.27. The van der Waals surface area contributed by atoms with Gasteiger partial charge in [-0.15, -0.1) is 6.58 Å². The third-order valence-electron chi connectivity index (χ3n) is 4.62. The monoisotopic (exact) mass is 407 g/mol. The Kier molecular flexibility index (Phi) is 7.99. The standard InChI is InChI=1S/C21H28F3N5/c1-5-7-8-9-10-18(16-13-26-29-20(16)21(22,23)24)25-12-11-15-17(6-2)27-28-19(15)14(3)4/h6,9-15,17,27H,2,5,7-8H2,1,3-4H3,(H,26,29)/b10-9+,12-11+,25-18-. The smallest absolute Gasteiger partial charge is 0.302 e. The molecule has 0 aromatic carbocycles. The highest BCUT2D eigenvalue weighted by atomic mass is 19.4. The number of allylic oxidation sites excluding steroid dienone is 2. The average Bonchev–Trinajstić information content (AvgIpc) is 3.30. The minimum absolute atomic E-state index is 0.0481. The average molecular weight is 407 g/mol. The van der Waals surface area contributed by atoms with Gasteiger partial charge in [0.15, 0.2) is 0 Å². The maximum absolute atomic E-state index is 13.3. The number of alkyl halides is 3. The summed E-state index contributed by atoms with van der Waals surface area (Å²) in [7, 11) is 0. The summed E-state index contributed by atoms with van der Waals surface area (Å²) in [5.41, 5.74) is 3.22. The Morgan fingerprint density at radius 1 is 1.38 bits per heavy atom. The topological polar surface area (TPSA) is 65.4 Å². The lowest BCUT2D eigenvalue weighted by atomic mass is 9.89. The summed E-state index contributed by atoms with van der Waals surface area (Å²) in [6.07, 6.45) is 7.97. The summed E-state index contributed by atoms with van der Waals surface area (Å²) < 4.78 is 39.9. The first-order valence-corrected chi connectivity index (χ1v) is 9.77. The predicted octanol–water partition coefficient (Wildman–Crippen LogP) is 5.26. The molecule has 2 rings (SSSR count). The molecule has 2 unspecified atom stereocenters. The van der Waals surface area contributed by atoms with Gasteiger partial charge in [-0.3, -0.25) is 10.1 Å². The number of aliphatic imine (C=N–C) groups is 1. The SMILES string of the molecule is C=CC1NN=C(C(C)C)C1/C=C/N=C(/C=C/CCCC)c1cn[nH]c1C(F)(F)F. The highest BCUT2D eigenvalue weighted by molar-refractivity contribution is 6.09. The molecule has 2 heterocycles. The van der Waals surface area contributed by atoms with Crippen molar-refractivity contribution in [3.05, 3.63) is 54.5 Å². The second-order valence-corrected chi connectivity index (χ2v) is 7.16. The molecule has 1 aliphatic rings. The van der Waals surface area contributed by atoms with Crippen LogP contribution in [0.15, 0.2) is 53.4 Å². The first-order valence-electron chi connectivity index (χ1n) is 9.77. The molecular weight excluding hydrogens is 379 g/mol. The summed E-state index contributed by atoms with van der Waals surface area (Å²) >= 11 is 0. The number of hydrogen-bond donors (Lipinski definition) is 2. The van der Waals surface area contributed by atoms with Crippen molar-refractivity contribution in [3.8, 4) is 0 Å². The number of hydrogen-bond acceptors (Lipinski definition) is 4. The number of halogens is 3. The van der Waals surface area contributed by atoms with E-state index >= 15 is 0 Å². The summed E-state index contributed by atoms with van der Waals surface area (Å²) in [6, 6.07) is -0.0675. The van der Waals surface area contributed by atoms with Gasteiger partial charge in [0.1, 0.15) is 5.69 Å². The van der Waals surface area contributed by atoms with Crippen LogP contribution in [0.1, 0.15) is 51.3 Å². The Morgan fingerprint density at radius 2 is 2.14 bits per heavy atom. The molecule has 0 radical (unpaired) electrons. The normalized spacial score (nSPS) is 20.7.